The van der Waals surface area contributed by atoms with E-state index in [1.54, 1.807) is 24.3 Å². The lowest BCUT2D eigenvalue weighted by molar-refractivity contribution is -0.123. The van der Waals surface area contributed by atoms with Crippen LogP contribution in [0, 0.1) is 0 Å². The number of halogens is 1. The molecule has 0 fully saturated rings. The van der Waals surface area contributed by atoms with Gasteiger partial charge in [0.2, 0.25) is 11.8 Å². The van der Waals surface area contributed by atoms with Crippen LogP contribution in [0.4, 0.5) is 11.4 Å². The first kappa shape index (κ1) is 18.9. The van der Waals surface area contributed by atoms with Gasteiger partial charge in [0, 0.05) is 23.7 Å². The van der Waals surface area contributed by atoms with Gasteiger partial charge in [0.1, 0.15) is 0 Å². The molecule has 1 atom stereocenters. The first-order chi connectivity index (χ1) is 12.8. The smallest absolute Gasteiger partial charge is 0.251 e. The van der Waals surface area contributed by atoms with E-state index in [0.717, 1.165) is 5.56 Å². The molecule has 6 nitrogen and oxygen atoms in total. The molecule has 1 aliphatic rings. The highest BCUT2D eigenvalue weighted by molar-refractivity contribution is 6.34. The molecule has 3 N–H and O–H groups in total. The molecule has 2 aromatic carbocycles. The third-order valence-corrected chi connectivity index (χ3v) is 4.55. The molecule has 3 rings (SSSR count). The zero-order chi connectivity index (χ0) is 19.6. The fourth-order valence-electron chi connectivity index (χ4n) is 2.97. The Morgan fingerprint density at radius 1 is 1.19 bits per heavy atom. The number of hydrogen-bond donors (Lipinski definition) is 3. The highest BCUT2D eigenvalue weighted by Crippen LogP contribution is 2.33. The number of fused-ring (bicyclic) bond motifs is 1. The van der Waals surface area contributed by atoms with Crippen LogP contribution in [0.2, 0.25) is 5.02 Å². The summed E-state index contributed by atoms with van der Waals surface area (Å²) >= 11 is 6.19. The topological polar surface area (TPSA) is 87.3 Å². The Kier molecular flexibility index (Phi) is 5.46. The zero-order valence-electron chi connectivity index (χ0n) is 15.0. The summed E-state index contributed by atoms with van der Waals surface area (Å²) in [5.41, 5.74) is 2.11. The van der Waals surface area contributed by atoms with Gasteiger partial charge in [-0.1, -0.05) is 29.8 Å². The first-order valence-electron chi connectivity index (χ1n) is 8.65. The number of carbonyl (C=O) groups is 3. The van der Waals surface area contributed by atoms with Gasteiger partial charge < -0.3 is 16.0 Å². The predicted molar refractivity (Wildman–Crippen MR) is 105 cm³/mol. The lowest BCUT2D eigenvalue weighted by Gasteiger charge is -2.25. The minimum absolute atomic E-state index is 0.0107. The van der Waals surface area contributed by atoms with Crippen molar-refractivity contribution < 1.29 is 14.4 Å². The molecule has 7 heteroatoms. The van der Waals surface area contributed by atoms with E-state index < -0.39 is 5.92 Å². The molecule has 140 valence electrons. The molecular weight excluding hydrogens is 366 g/mol. The van der Waals surface area contributed by atoms with Crippen LogP contribution >= 0.6 is 11.6 Å². The maximum Gasteiger partial charge on any atom is 0.251 e. The van der Waals surface area contributed by atoms with Crippen LogP contribution in [0.15, 0.2) is 42.5 Å². The average Bonchev–Trinajstić information content (AvgIpc) is 2.62. The number of rotatable bonds is 4. The van der Waals surface area contributed by atoms with Gasteiger partial charge in [0.05, 0.1) is 16.6 Å². The van der Waals surface area contributed by atoms with Crippen LogP contribution in [0.1, 0.15) is 42.1 Å². The largest absolute Gasteiger partial charge is 0.350 e. The van der Waals surface area contributed by atoms with Gasteiger partial charge in [-0.15, -0.1) is 0 Å². The monoisotopic (exact) mass is 385 g/mol. The molecular formula is C20H20ClN3O3. The van der Waals surface area contributed by atoms with Gasteiger partial charge in [-0.05, 0) is 43.7 Å². The molecule has 0 aromatic heterocycles. The Balaban J connectivity index is 1.84. The van der Waals surface area contributed by atoms with E-state index in [2.05, 4.69) is 16.0 Å². The van der Waals surface area contributed by atoms with Crippen molar-refractivity contribution in [1.29, 1.82) is 0 Å². The second kappa shape index (κ2) is 7.80. The van der Waals surface area contributed by atoms with Crippen molar-refractivity contribution in [2.75, 3.05) is 10.6 Å². The molecule has 0 saturated heterocycles. The van der Waals surface area contributed by atoms with E-state index in [9.17, 15) is 14.4 Å². The maximum absolute atomic E-state index is 12.8. The van der Waals surface area contributed by atoms with Gasteiger partial charge in [-0.25, -0.2) is 0 Å². The van der Waals surface area contributed by atoms with Crippen molar-refractivity contribution >= 4 is 40.7 Å². The molecule has 1 aliphatic heterocycles. The summed E-state index contributed by atoms with van der Waals surface area (Å²) in [5, 5.41) is 8.63. The number of hydrogen-bond acceptors (Lipinski definition) is 3. The van der Waals surface area contributed by atoms with Gasteiger partial charge in [0.25, 0.3) is 5.91 Å². The van der Waals surface area contributed by atoms with E-state index in [0.29, 0.717) is 22.0 Å². The summed E-state index contributed by atoms with van der Waals surface area (Å²) in [7, 11) is 0. The van der Waals surface area contributed by atoms with E-state index in [1.165, 1.54) is 6.07 Å². The Morgan fingerprint density at radius 2 is 1.93 bits per heavy atom. The minimum Gasteiger partial charge on any atom is -0.350 e. The Labute approximate surface area is 162 Å². The fraction of sp³-hybridized carbons (Fsp3) is 0.250. The van der Waals surface area contributed by atoms with Crippen LogP contribution in [-0.4, -0.2) is 23.8 Å². The van der Waals surface area contributed by atoms with Gasteiger partial charge in [-0.2, -0.15) is 0 Å². The molecule has 0 spiro atoms. The van der Waals surface area contributed by atoms with E-state index in [4.69, 9.17) is 11.6 Å². The number of anilines is 2. The van der Waals surface area contributed by atoms with E-state index in [-0.39, 0.29) is 30.2 Å². The highest BCUT2D eigenvalue weighted by atomic mass is 35.5. The van der Waals surface area contributed by atoms with Gasteiger partial charge >= 0.3 is 0 Å². The predicted octanol–water partition coefficient (Wildman–Crippen LogP) is 3.54. The average molecular weight is 386 g/mol. The number of carbonyl (C=O) groups excluding carboxylic acids is 3. The number of benzene rings is 2. The van der Waals surface area contributed by atoms with E-state index >= 15 is 0 Å². The van der Waals surface area contributed by atoms with Crippen LogP contribution in [-0.2, 0) is 9.59 Å². The Morgan fingerprint density at radius 3 is 2.67 bits per heavy atom. The Bertz CT molecular complexity index is 911. The SMILES string of the molecule is CC(C)NC(=O)c1ccc(Cl)c(NC(=O)[C@H]2CC(=O)Nc3ccccc32)c1. The number of nitrogens with one attached hydrogen (secondary N) is 3. The molecule has 1 heterocycles. The molecule has 0 bridgehead atoms. The maximum atomic E-state index is 12.8. The zero-order valence-corrected chi connectivity index (χ0v) is 15.8. The van der Waals surface area contributed by atoms with Gasteiger partial charge in [-0.3, -0.25) is 14.4 Å². The molecule has 0 aliphatic carbocycles. The summed E-state index contributed by atoms with van der Waals surface area (Å²) in [6.07, 6.45) is 0.0496. The quantitative estimate of drug-likeness (QED) is 0.752. The van der Waals surface area contributed by atoms with Crippen LogP contribution < -0.4 is 16.0 Å². The minimum atomic E-state index is -0.626. The Hall–Kier alpha value is -2.86. The summed E-state index contributed by atoms with van der Waals surface area (Å²) in [6, 6.07) is 11.9. The van der Waals surface area contributed by atoms with Gasteiger partial charge in [0.15, 0.2) is 0 Å². The van der Waals surface area contributed by atoms with Crippen molar-refractivity contribution in [3.8, 4) is 0 Å². The van der Waals surface area contributed by atoms with Crippen molar-refractivity contribution in [2.24, 2.45) is 0 Å². The normalized spacial score (nSPS) is 15.7. The molecule has 0 saturated carbocycles. The second-order valence-corrected chi connectivity index (χ2v) is 7.11. The van der Waals surface area contributed by atoms with Crippen molar-refractivity contribution in [1.82, 2.24) is 5.32 Å². The third kappa shape index (κ3) is 4.28. The summed E-state index contributed by atoms with van der Waals surface area (Å²) < 4.78 is 0. The first-order valence-corrected chi connectivity index (χ1v) is 9.03. The van der Waals surface area contributed by atoms with Crippen molar-refractivity contribution in [2.45, 2.75) is 32.2 Å². The highest BCUT2D eigenvalue weighted by Gasteiger charge is 2.30. The number of para-hydroxylation sites is 1. The lowest BCUT2D eigenvalue weighted by Crippen LogP contribution is -2.31. The summed E-state index contributed by atoms with van der Waals surface area (Å²) in [5.74, 6) is -1.44. The van der Waals surface area contributed by atoms with Crippen molar-refractivity contribution in [3.63, 3.8) is 0 Å². The molecule has 27 heavy (non-hydrogen) atoms. The summed E-state index contributed by atoms with van der Waals surface area (Å²) in [6.45, 7) is 3.73. The fourth-order valence-corrected chi connectivity index (χ4v) is 3.14. The molecule has 0 radical (unpaired) electrons. The van der Waals surface area contributed by atoms with Crippen molar-refractivity contribution in [3.05, 3.63) is 58.6 Å². The van der Waals surface area contributed by atoms with E-state index in [1.807, 2.05) is 26.0 Å². The van der Waals surface area contributed by atoms with Crippen LogP contribution in [0.25, 0.3) is 0 Å². The third-order valence-electron chi connectivity index (χ3n) is 4.22. The molecule has 3 amide bonds. The lowest BCUT2D eigenvalue weighted by atomic mass is 9.89. The summed E-state index contributed by atoms with van der Waals surface area (Å²) in [4.78, 5) is 37.0. The van der Waals surface area contributed by atoms with Crippen LogP contribution in [0.5, 0.6) is 0 Å². The standard InChI is InChI=1S/C20H20ClN3O3/c1-11(2)22-19(26)12-7-8-15(21)17(9-12)24-20(27)14-10-18(25)23-16-6-4-3-5-13(14)16/h3-9,11,14H,10H2,1-2H3,(H,22,26)(H,23,25)(H,24,27)/t14-/m0/s1. The number of amides is 3. The second-order valence-electron chi connectivity index (χ2n) is 6.70. The molecule has 0 unspecified atom stereocenters. The molecule has 2 aromatic rings. The van der Waals surface area contributed by atoms with Crippen LogP contribution in [0.3, 0.4) is 0 Å².